The van der Waals surface area contributed by atoms with Gasteiger partial charge in [-0.3, -0.25) is 4.98 Å². The first kappa shape index (κ1) is 13.7. The summed E-state index contributed by atoms with van der Waals surface area (Å²) in [4.78, 5) is 9.46. The Bertz CT molecular complexity index is 598. The number of nitrogens with zero attached hydrogens (tertiary/aromatic N) is 2. The molecule has 3 heterocycles. The Morgan fingerprint density at radius 3 is 2.95 bits per heavy atom. The van der Waals surface area contributed by atoms with E-state index in [0.717, 1.165) is 53.3 Å². The third kappa shape index (κ3) is 2.91. The summed E-state index contributed by atoms with van der Waals surface area (Å²) in [7, 11) is 0. The van der Waals surface area contributed by atoms with E-state index < -0.39 is 0 Å². The van der Waals surface area contributed by atoms with E-state index in [1.54, 1.807) is 0 Å². The predicted molar refractivity (Wildman–Crippen MR) is 84.1 cm³/mol. The van der Waals surface area contributed by atoms with Gasteiger partial charge >= 0.3 is 0 Å². The van der Waals surface area contributed by atoms with Gasteiger partial charge in [-0.25, -0.2) is 4.99 Å². The minimum absolute atomic E-state index is 0.418. The van der Waals surface area contributed by atoms with E-state index in [-0.39, 0.29) is 0 Å². The Balaban J connectivity index is 1.98. The fourth-order valence-electron chi connectivity index (χ4n) is 2.49. The zero-order chi connectivity index (χ0) is 13.9. The molecule has 0 aromatic carbocycles. The van der Waals surface area contributed by atoms with Gasteiger partial charge < -0.3 is 4.74 Å². The molecule has 4 heteroatoms. The lowest BCUT2D eigenvalue weighted by Gasteiger charge is -2.10. The van der Waals surface area contributed by atoms with Gasteiger partial charge in [-0.2, -0.15) is 0 Å². The van der Waals surface area contributed by atoms with Gasteiger partial charge in [0.25, 0.3) is 0 Å². The van der Waals surface area contributed by atoms with Gasteiger partial charge in [0.15, 0.2) is 0 Å². The van der Waals surface area contributed by atoms with E-state index >= 15 is 0 Å². The van der Waals surface area contributed by atoms with Crippen LogP contribution in [-0.4, -0.2) is 23.9 Å². The molecule has 104 valence electrons. The molecule has 20 heavy (non-hydrogen) atoms. The molecule has 3 rings (SSSR count). The molecule has 1 aromatic heterocycles. The fourth-order valence-corrected chi connectivity index (χ4v) is 2.97. The van der Waals surface area contributed by atoms with Crippen LogP contribution in [0.2, 0.25) is 0 Å². The number of hydrogen-bond acceptors (Lipinski definition) is 3. The molecule has 0 bridgehead atoms. The van der Waals surface area contributed by atoms with Crippen LogP contribution in [0.3, 0.4) is 0 Å². The number of hydrogen-bond donors (Lipinski definition) is 0. The van der Waals surface area contributed by atoms with E-state index in [1.165, 1.54) is 0 Å². The van der Waals surface area contributed by atoms with E-state index in [2.05, 4.69) is 33.1 Å². The summed E-state index contributed by atoms with van der Waals surface area (Å²) in [5.41, 5.74) is 3.97. The van der Waals surface area contributed by atoms with Crippen molar-refractivity contribution < 1.29 is 4.74 Å². The van der Waals surface area contributed by atoms with Crippen LogP contribution in [0.15, 0.2) is 45.5 Å². The van der Waals surface area contributed by atoms with E-state index in [0.29, 0.717) is 5.92 Å². The number of aliphatic imine (C=N–C) groups is 1. The normalized spacial score (nSPS) is 22.9. The van der Waals surface area contributed by atoms with Gasteiger partial charge in [-0.15, -0.1) is 0 Å². The summed E-state index contributed by atoms with van der Waals surface area (Å²) >= 11 is 3.63. The number of ether oxygens (including phenoxy) is 1. The van der Waals surface area contributed by atoms with Crippen molar-refractivity contribution in [2.45, 2.75) is 19.8 Å². The SMILES string of the molecule is Cc1cccc(C2=NC(C3CCOC3)=CCC=C2Br)n1. The van der Waals surface area contributed by atoms with E-state index in [4.69, 9.17) is 9.73 Å². The van der Waals surface area contributed by atoms with Gasteiger partial charge in [-0.1, -0.05) is 18.2 Å². The number of rotatable bonds is 2. The second-order valence-corrected chi connectivity index (χ2v) is 5.96. The first-order valence-corrected chi connectivity index (χ1v) is 7.70. The monoisotopic (exact) mass is 332 g/mol. The molecule has 0 N–H and O–H groups in total. The Morgan fingerprint density at radius 2 is 2.20 bits per heavy atom. The van der Waals surface area contributed by atoms with Crippen LogP contribution in [0.1, 0.15) is 24.2 Å². The summed E-state index contributed by atoms with van der Waals surface area (Å²) in [5, 5.41) is 0. The highest BCUT2D eigenvalue weighted by atomic mass is 79.9. The quantitative estimate of drug-likeness (QED) is 0.825. The molecule has 0 spiro atoms. The summed E-state index contributed by atoms with van der Waals surface area (Å²) in [6, 6.07) is 6.03. The lowest BCUT2D eigenvalue weighted by molar-refractivity contribution is 0.190. The maximum atomic E-state index is 5.48. The van der Waals surface area contributed by atoms with Crippen molar-refractivity contribution in [1.82, 2.24) is 4.98 Å². The molecule has 0 saturated carbocycles. The Hall–Kier alpha value is -1.26. The Kier molecular flexibility index (Phi) is 4.13. The summed E-state index contributed by atoms with van der Waals surface area (Å²) in [6.45, 7) is 3.62. The van der Waals surface area contributed by atoms with Crippen LogP contribution in [0.5, 0.6) is 0 Å². The smallest absolute Gasteiger partial charge is 0.103 e. The molecule has 0 radical (unpaired) electrons. The van der Waals surface area contributed by atoms with Crippen LogP contribution in [0.25, 0.3) is 0 Å². The van der Waals surface area contributed by atoms with Crippen molar-refractivity contribution in [1.29, 1.82) is 0 Å². The summed E-state index contributed by atoms with van der Waals surface area (Å²) < 4.78 is 6.50. The highest BCUT2D eigenvalue weighted by Gasteiger charge is 2.22. The summed E-state index contributed by atoms with van der Waals surface area (Å²) in [5.74, 6) is 0.418. The third-order valence-electron chi connectivity index (χ3n) is 3.57. The minimum Gasteiger partial charge on any atom is -0.381 e. The maximum Gasteiger partial charge on any atom is 0.103 e. The Morgan fingerprint density at radius 1 is 1.30 bits per heavy atom. The fraction of sp³-hybridized carbons (Fsp3) is 0.375. The molecule has 2 aliphatic heterocycles. The van der Waals surface area contributed by atoms with Crippen LogP contribution in [-0.2, 0) is 4.74 Å². The molecule has 1 fully saturated rings. The molecule has 1 unspecified atom stereocenters. The number of aromatic nitrogens is 1. The molecule has 3 nitrogen and oxygen atoms in total. The van der Waals surface area contributed by atoms with E-state index in [1.807, 2.05) is 25.1 Å². The zero-order valence-electron chi connectivity index (χ0n) is 11.5. The van der Waals surface area contributed by atoms with Crippen molar-refractivity contribution in [2.24, 2.45) is 10.9 Å². The molecule has 2 aliphatic rings. The van der Waals surface area contributed by atoms with Crippen LogP contribution < -0.4 is 0 Å². The van der Waals surface area contributed by atoms with Crippen molar-refractivity contribution in [3.8, 4) is 0 Å². The average Bonchev–Trinajstić information content (AvgIpc) is 2.89. The molecule has 1 saturated heterocycles. The highest BCUT2D eigenvalue weighted by molar-refractivity contribution is 9.12. The molecular formula is C16H17BrN2O. The van der Waals surface area contributed by atoms with Gasteiger partial charge in [-0.05, 0) is 47.8 Å². The van der Waals surface area contributed by atoms with Crippen molar-refractivity contribution in [3.63, 3.8) is 0 Å². The largest absolute Gasteiger partial charge is 0.381 e. The predicted octanol–water partition coefficient (Wildman–Crippen LogP) is 3.78. The van der Waals surface area contributed by atoms with Crippen LogP contribution >= 0.6 is 15.9 Å². The molecule has 0 aliphatic carbocycles. The van der Waals surface area contributed by atoms with E-state index in [9.17, 15) is 0 Å². The number of pyridine rings is 1. The zero-order valence-corrected chi connectivity index (χ0v) is 13.1. The minimum atomic E-state index is 0.418. The highest BCUT2D eigenvalue weighted by Crippen LogP contribution is 2.28. The molecular weight excluding hydrogens is 316 g/mol. The van der Waals surface area contributed by atoms with Crippen molar-refractivity contribution in [2.75, 3.05) is 13.2 Å². The first-order chi connectivity index (χ1) is 9.74. The molecule has 1 atom stereocenters. The topological polar surface area (TPSA) is 34.5 Å². The second kappa shape index (κ2) is 6.02. The maximum absolute atomic E-state index is 5.48. The third-order valence-corrected chi connectivity index (χ3v) is 4.27. The number of allylic oxidation sites excluding steroid dienone is 3. The number of aryl methyl sites for hydroxylation is 1. The second-order valence-electron chi connectivity index (χ2n) is 5.10. The van der Waals surface area contributed by atoms with Crippen LogP contribution in [0, 0.1) is 12.8 Å². The average molecular weight is 333 g/mol. The van der Waals surface area contributed by atoms with Crippen LogP contribution in [0.4, 0.5) is 0 Å². The van der Waals surface area contributed by atoms with Gasteiger partial charge in [0.1, 0.15) is 5.71 Å². The number of halogens is 1. The summed E-state index contributed by atoms with van der Waals surface area (Å²) in [6.07, 6.45) is 6.29. The lowest BCUT2D eigenvalue weighted by atomic mass is 10.0. The van der Waals surface area contributed by atoms with Crippen molar-refractivity contribution in [3.05, 3.63) is 51.9 Å². The molecule has 1 aromatic rings. The standard InChI is InChI=1S/C16H17BrN2O/c1-11-4-2-7-15(18-11)16-13(17)5-3-6-14(19-16)12-8-9-20-10-12/h2,4-7,12H,3,8-10H2,1H3. The van der Waals surface area contributed by atoms with Gasteiger partial charge in [0.2, 0.25) is 0 Å². The van der Waals surface area contributed by atoms with Gasteiger partial charge in [0.05, 0.1) is 12.3 Å². The lowest BCUT2D eigenvalue weighted by Crippen LogP contribution is -2.08. The van der Waals surface area contributed by atoms with Crippen molar-refractivity contribution >= 4 is 21.6 Å². The van der Waals surface area contributed by atoms with Gasteiger partial charge in [0, 0.05) is 28.4 Å². The molecule has 0 amide bonds. The Labute approximate surface area is 127 Å². The first-order valence-electron chi connectivity index (χ1n) is 6.90.